The second-order valence-corrected chi connectivity index (χ2v) is 6.18. The summed E-state index contributed by atoms with van der Waals surface area (Å²) in [7, 11) is 0. The van der Waals surface area contributed by atoms with Crippen molar-refractivity contribution >= 4 is 11.5 Å². The van der Waals surface area contributed by atoms with Crippen LogP contribution >= 0.6 is 0 Å². The molecule has 0 saturated carbocycles. The molecule has 3 rings (SSSR count). The van der Waals surface area contributed by atoms with Crippen LogP contribution < -0.4 is 10.6 Å². The molecule has 2 aliphatic rings. The van der Waals surface area contributed by atoms with Gasteiger partial charge < -0.3 is 10.6 Å². The Bertz CT molecular complexity index is 467. The van der Waals surface area contributed by atoms with E-state index in [1.54, 1.807) is 0 Å². The van der Waals surface area contributed by atoms with Crippen molar-refractivity contribution in [3.05, 3.63) is 5.69 Å². The number of aromatic nitrogens is 2. The zero-order chi connectivity index (χ0) is 14.1. The Morgan fingerprint density at radius 2 is 2.05 bits per heavy atom. The van der Waals surface area contributed by atoms with Gasteiger partial charge in [0.2, 0.25) is 0 Å². The van der Waals surface area contributed by atoms with Crippen molar-refractivity contribution in [2.45, 2.75) is 52.1 Å². The van der Waals surface area contributed by atoms with Crippen molar-refractivity contribution in [3.63, 3.8) is 0 Å². The lowest BCUT2D eigenvalue weighted by Crippen LogP contribution is -2.37. The van der Waals surface area contributed by atoms with Gasteiger partial charge in [-0.1, -0.05) is 6.92 Å². The zero-order valence-electron chi connectivity index (χ0n) is 12.8. The van der Waals surface area contributed by atoms with Crippen molar-refractivity contribution in [2.75, 3.05) is 36.8 Å². The molecule has 3 heterocycles. The Kier molecular flexibility index (Phi) is 3.87. The van der Waals surface area contributed by atoms with E-state index in [1.807, 2.05) is 6.92 Å². The van der Waals surface area contributed by atoms with Crippen LogP contribution in [0.4, 0.5) is 11.5 Å². The van der Waals surface area contributed by atoms with E-state index in [-0.39, 0.29) is 0 Å². The van der Waals surface area contributed by atoms with Gasteiger partial charge in [0, 0.05) is 32.2 Å². The minimum atomic E-state index is 0.710. The maximum Gasteiger partial charge on any atom is 0.150 e. The molecule has 1 unspecified atom stereocenters. The van der Waals surface area contributed by atoms with Crippen molar-refractivity contribution in [2.24, 2.45) is 0 Å². The van der Waals surface area contributed by atoms with Crippen molar-refractivity contribution in [3.8, 4) is 0 Å². The first-order valence-corrected chi connectivity index (χ1v) is 8.02. The second kappa shape index (κ2) is 5.64. The molecule has 112 valence electrons. The van der Waals surface area contributed by atoms with Gasteiger partial charge in [0.1, 0.15) is 0 Å². The number of aryl methyl sites for hydroxylation is 2. The highest BCUT2D eigenvalue weighted by Gasteiger charge is 2.30. The van der Waals surface area contributed by atoms with E-state index >= 15 is 0 Å². The van der Waals surface area contributed by atoms with Crippen molar-refractivity contribution in [1.29, 1.82) is 0 Å². The van der Waals surface area contributed by atoms with E-state index in [2.05, 4.69) is 26.5 Å². The molecule has 0 aliphatic carbocycles. The van der Waals surface area contributed by atoms with Gasteiger partial charge in [-0.3, -0.25) is 4.90 Å². The molecular formula is C15H27N5. The third kappa shape index (κ3) is 2.39. The monoisotopic (exact) mass is 277 g/mol. The molecule has 2 aliphatic heterocycles. The van der Waals surface area contributed by atoms with Gasteiger partial charge in [-0.05, 0) is 39.2 Å². The molecule has 0 aromatic carbocycles. The largest absolute Gasteiger partial charge is 0.394 e. The lowest BCUT2D eigenvalue weighted by atomic mass is 10.2. The summed E-state index contributed by atoms with van der Waals surface area (Å²) in [4.78, 5) is 5.14. The number of hydrogen-bond donors (Lipinski definition) is 1. The van der Waals surface area contributed by atoms with E-state index < -0.39 is 0 Å². The molecule has 0 radical (unpaired) electrons. The van der Waals surface area contributed by atoms with Gasteiger partial charge in [-0.2, -0.15) is 5.10 Å². The number of nitrogens with two attached hydrogens (primary N) is 1. The van der Waals surface area contributed by atoms with E-state index in [1.165, 1.54) is 32.4 Å². The van der Waals surface area contributed by atoms with Crippen LogP contribution in [0.3, 0.4) is 0 Å². The first-order valence-electron chi connectivity index (χ1n) is 8.02. The van der Waals surface area contributed by atoms with E-state index in [0.29, 0.717) is 6.04 Å². The minimum absolute atomic E-state index is 0.710. The SMILES string of the molecule is CCCn1nc(C)c(N)c1N1CCCN2CCCC2C1. The molecule has 1 aromatic rings. The Morgan fingerprint density at radius 1 is 1.25 bits per heavy atom. The van der Waals surface area contributed by atoms with Crippen LogP contribution in [0, 0.1) is 6.92 Å². The predicted molar refractivity (Wildman–Crippen MR) is 83.1 cm³/mol. The average molecular weight is 277 g/mol. The third-order valence-electron chi connectivity index (χ3n) is 4.68. The second-order valence-electron chi connectivity index (χ2n) is 6.18. The van der Waals surface area contributed by atoms with Gasteiger partial charge in [0.15, 0.2) is 5.82 Å². The van der Waals surface area contributed by atoms with Crippen LogP contribution in [-0.2, 0) is 6.54 Å². The zero-order valence-corrected chi connectivity index (χ0v) is 12.8. The van der Waals surface area contributed by atoms with Crippen LogP contribution in [0.2, 0.25) is 0 Å². The molecule has 2 saturated heterocycles. The van der Waals surface area contributed by atoms with Crippen LogP contribution in [0.15, 0.2) is 0 Å². The summed E-state index contributed by atoms with van der Waals surface area (Å²) in [6.45, 7) is 9.90. The smallest absolute Gasteiger partial charge is 0.150 e. The first kappa shape index (κ1) is 13.7. The van der Waals surface area contributed by atoms with Crippen LogP contribution in [-0.4, -0.2) is 46.9 Å². The van der Waals surface area contributed by atoms with Gasteiger partial charge in [0.05, 0.1) is 11.4 Å². The van der Waals surface area contributed by atoms with Gasteiger partial charge in [0.25, 0.3) is 0 Å². The number of rotatable bonds is 3. The summed E-state index contributed by atoms with van der Waals surface area (Å²) in [5, 5.41) is 4.63. The molecule has 5 heteroatoms. The number of nitrogens with zero attached hydrogens (tertiary/aromatic N) is 4. The summed E-state index contributed by atoms with van der Waals surface area (Å²) in [5.41, 5.74) is 8.17. The fourth-order valence-electron chi connectivity index (χ4n) is 3.68. The number of fused-ring (bicyclic) bond motifs is 1. The summed E-state index contributed by atoms with van der Waals surface area (Å²) < 4.78 is 2.12. The predicted octanol–water partition coefficient (Wildman–Crippen LogP) is 1.86. The number of hydrogen-bond acceptors (Lipinski definition) is 4. The van der Waals surface area contributed by atoms with Crippen molar-refractivity contribution in [1.82, 2.24) is 14.7 Å². The molecule has 0 amide bonds. The molecule has 2 N–H and O–H groups in total. The molecule has 20 heavy (non-hydrogen) atoms. The maximum atomic E-state index is 6.31. The molecule has 1 atom stereocenters. The number of anilines is 2. The Balaban J connectivity index is 1.87. The maximum absolute atomic E-state index is 6.31. The number of nitrogen functional groups attached to an aromatic ring is 1. The Labute approximate surface area is 121 Å². The topological polar surface area (TPSA) is 50.3 Å². The van der Waals surface area contributed by atoms with Gasteiger partial charge >= 0.3 is 0 Å². The van der Waals surface area contributed by atoms with E-state index in [9.17, 15) is 0 Å². The highest BCUT2D eigenvalue weighted by Crippen LogP contribution is 2.30. The molecular weight excluding hydrogens is 250 g/mol. The summed E-state index contributed by atoms with van der Waals surface area (Å²) >= 11 is 0. The normalized spacial score (nSPS) is 23.9. The summed E-state index contributed by atoms with van der Waals surface area (Å²) in [5.74, 6) is 1.16. The van der Waals surface area contributed by atoms with Crippen LogP contribution in [0.5, 0.6) is 0 Å². The molecule has 0 bridgehead atoms. The lowest BCUT2D eigenvalue weighted by molar-refractivity contribution is 0.273. The van der Waals surface area contributed by atoms with Crippen LogP contribution in [0.1, 0.15) is 38.3 Å². The molecule has 5 nitrogen and oxygen atoms in total. The molecule has 0 spiro atoms. The van der Waals surface area contributed by atoms with Gasteiger partial charge in [-0.15, -0.1) is 0 Å². The highest BCUT2D eigenvalue weighted by molar-refractivity contribution is 5.66. The Hall–Kier alpha value is -1.23. The lowest BCUT2D eigenvalue weighted by Gasteiger charge is -2.28. The summed E-state index contributed by atoms with van der Waals surface area (Å²) in [6.07, 6.45) is 5.00. The highest BCUT2D eigenvalue weighted by atomic mass is 15.4. The van der Waals surface area contributed by atoms with Crippen molar-refractivity contribution < 1.29 is 0 Å². The average Bonchev–Trinajstić information content (AvgIpc) is 2.90. The quantitative estimate of drug-likeness (QED) is 0.916. The molecule has 1 aromatic heterocycles. The van der Waals surface area contributed by atoms with Gasteiger partial charge in [-0.25, -0.2) is 4.68 Å². The summed E-state index contributed by atoms with van der Waals surface area (Å²) in [6, 6.07) is 0.710. The molecule has 2 fully saturated rings. The van der Waals surface area contributed by atoms with E-state index in [0.717, 1.165) is 43.3 Å². The minimum Gasteiger partial charge on any atom is -0.394 e. The fraction of sp³-hybridized carbons (Fsp3) is 0.800. The fourth-order valence-corrected chi connectivity index (χ4v) is 3.68. The van der Waals surface area contributed by atoms with Crippen LogP contribution in [0.25, 0.3) is 0 Å². The Morgan fingerprint density at radius 3 is 2.85 bits per heavy atom. The third-order valence-corrected chi connectivity index (χ3v) is 4.68. The first-order chi connectivity index (χ1) is 9.70. The standard InChI is InChI=1S/C15H27N5/c1-3-7-20-15(14(16)12(2)17-20)19-10-5-9-18-8-4-6-13(18)11-19/h13H,3-11,16H2,1-2H3. The van der Waals surface area contributed by atoms with E-state index in [4.69, 9.17) is 5.73 Å².